The van der Waals surface area contributed by atoms with Crippen molar-refractivity contribution in [3.63, 3.8) is 0 Å². The van der Waals surface area contributed by atoms with Gasteiger partial charge < -0.3 is 0 Å². The van der Waals surface area contributed by atoms with Gasteiger partial charge in [0.05, 0.1) is 0 Å². The highest BCUT2D eigenvalue weighted by Gasteiger charge is 2.18. The third-order valence-corrected chi connectivity index (χ3v) is 4.84. The van der Waals surface area contributed by atoms with E-state index < -0.39 is 0 Å². The molecule has 1 heterocycles. The van der Waals surface area contributed by atoms with Crippen LogP contribution in [0, 0.1) is 6.92 Å². The Morgan fingerprint density at radius 1 is 1.25 bits per heavy atom. The van der Waals surface area contributed by atoms with Crippen LogP contribution in [0.15, 0.2) is 29.2 Å². The molecule has 64 valence electrons. The van der Waals surface area contributed by atoms with E-state index in [-0.39, 0.29) is 0 Å². The summed E-state index contributed by atoms with van der Waals surface area (Å²) in [6, 6.07) is 8.83. The summed E-state index contributed by atoms with van der Waals surface area (Å²) in [6.45, 7) is 2.13. The molecule has 12 heavy (non-hydrogen) atoms. The predicted molar refractivity (Wildman–Crippen MR) is 58.1 cm³/mol. The molecule has 0 unspecified atom stereocenters. The second-order valence-corrected chi connectivity index (χ2v) is 5.54. The van der Waals surface area contributed by atoms with Crippen molar-refractivity contribution in [1.82, 2.24) is 0 Å². The molecule has 1 aromatic carbocycles. The first-order chi connectivity index (χ1) is 5.84. The monoisotopic (exact) mass is 196 g/mol. The zero-order chi connectivity index (χ0) is 8.39. The van der Waals surface area contributed by atoms with Crippen LogP contribution < -0.4 is 0 Å². The molecule has 0 nitrogen and oxygen atoms in total. The lowest BCUT2D eigenvalue weighted by atomic mass is 10.2. The molecule has 0 saturated carbocycles. The fraction of sp³-hybridized carbons (Fsp3) is 0.400. The topological polar surface area (TPSA) is 0 Å². The highest BCUT2D eigenvalue weighted by Crippen LogP contribution is 2.34. The fourth-order valence-electron chi connectivity index (χ4n) is 1.09. The van der Waals surface area contributed by atoms with Crippen molar-refractivity contribution in [2.24, 2.45) is 0 Å². The standard InChI is InChI=1S/C10H12S2/c1-8-2-4-9(5-3-8)12-10-6-11-7-10/h2-5,10H,6-7H2,1H3. The van der Waals surface area contributed by atoms with Crippen molar-refractivity contribution in [2.75, 3.05) is 11.5 Å². The lowest BCUT2D eigenvalue weighted by molar-refractivity contribution is 1.08. The lowest BCUT2D eigenvalue weighted by Gasteiger charge is -2.23. The number of aryl methyl sites for hydroxylation is 1. The zero-order valence-corrected chi connectivity index (χ0v) is 8.75. The molecule has 1 fully saturated rings. The Labute approximate surface area is 82.1 Å². The van der Waals surface area contributed by atoms with E-state index in [1.54, 1.807) is 0 Å². The van der Waals surface area contributed by atoms with E-state index in [2.05, 4.69) is 31.2 Å². The number of benzene rings is 1. The van der Waals surface area contributed by atoms with E-state index in [1.165, 1.54) is 22.0 Å². The molecule has 1 aliphatic rings. The summed E-state index contributed by atoms with van der Waals surface area (Å²) >= 11 is 4.06. The van der Waals surface area contributed by atoms with Gasteiger partial charge in [0.2, 0.25) is 0 Å². The van der Waals surface area contributed by atoms with Crippen molar-refractivity contribution < 1.29 is 0 Å². The average Bonchev–Trinajstić information content (AvgIpc) is 2.00. The van der Waals surface area contributed by atoms with E-state index in [0.717, 1.165) is 5.25 Å². The van der Waals surface area contributed by atoms with Crippen LogP contribution in [0.3, 0.4) is 0 Å². The van der Waals surface area contributed by atoms with Crippen molar-refractivity contribution >= 4 is 23.5 Å². The van der Waals surface area contributed by atoms with Crippen LogP contribution in [0.25, 0.3) is 0 Å². The van der Waals surface area contributed by atoms with Crippen LogP contribution in [0.2, 0.25) is 0 Å². The molecule has 1 aliphatic heterocycles. The van der Waals surface area contributed by atoms with Gasteiger partial charge in [-0.15, -0.1) is 11.8 Å². The van der Waals surface area contributed by atoms with Gasteiger partial charge in [0.1, 0.15) is 0 Å². The Bertz CT molecular complexity index is 249. The third-order valence-electron chi connectivity index (χ3n) is 1.93. The average molecular weight is 196 g/mol. The summed E-state index contributed by atoms with van der Waals surface area (Å²) in [5.74, 6) is 2.66. The van der Waals surface area contributed by atoms with Crippen LogP contribution in [-0.2, 0) is 0 Å². The molecule has 2 rings (SSSR count). The highest BCUT2D eigenvalue weighted by molar-refractivity contribution is 8.07. The molecule has 0 bridgehead atoms. The Morgan fingerprint density at radius 2 is 1.92 bits per heavy atom. The lowest BCUT2D eigenvalue weighted by Crippen LogP contribution is -2.20. The second-order valence-electron chi connectivity index (χ2n) is 3.09. The van der Waals surface area contributed by atoms with E-state index in [0.29, 0.717) is 0 Å². The summed E-state index contributed by atoms with van der Waals surface area (Å²) in [6.07, 6.45) is 0. The van der Waals surface area contributed by atoms with Gasteiger partial charge in [0.15, 0.2) is 0 Å². The van der Waals surface area contributed by atoms with Crippen LogP contribution in [0.1, 0.15) is 5.56 Å². The quantitative estimate of drug-likeness (QED) is 0.712. The van der Waals surface area contributed by atoms with Gasteiger partial charge in [0.25, 0.3) is 0 Å². The molecular weight excluding hydrogens is 184 g/mol. The van der Waals surface area contributed by atoms with Gasteiger partial charge in [-0.05, 0) is 19.1 Å². The van der Waals surface area contributed by atoms with Gasteiger partial charge in [-0.25, -0.2) is 0 Å². The molecule has 0 N–H and O–H groups in total. The third kappa shape index (κ3) is 1.99. The summed E-state index contributed by atoms with van der Waals surface area (Å²) in [5, 5.41) is 0.873. The smallest absolute Gasteiger partial charge is 0.0276 e. The van der Waals surface area contributed by atoms with E-state index in [1.807, 2.05) is 23.5 Å². The molecule has 0 spiro atoms. The number of hydrogen-bond acceptors (Lipinski definition) is 2. The maximum Gasteiger partial charge on any atom is 0.0276 e. The van der Waals surface area contributed by atoms with Crippen LogP contribution in [-0.4, -0.2) is 16.8 Å². The molecule has 0 radical (unpaired) electrons. The minimum atomic E-state index is 0.873. The van der Waals surface area contributed by atoms with E-state index in [4.69, 9.17) is 0 Å². The summed E-state index contributed by atoms with van der Waals surface area (Å²) < 4.78 is 0. The molecule has 1 aromatic rings. The first-order valence-corrected chi connectivity index (χ1v) is 6.19. The maximum absolute atomic E-state index is 2.23. The van der Waals surface area contributed by atoms with Crippen LogP contribution in [0.4, 0.5) is 0 Å². The second kappa shape index (κ2) is 3.75. The van der Waals surface area contributed by atoms with E-state index in [9.17, 15) is 0 Å². The van der Waals surface area contributed by atoms with Crippen molar-refractivity contribution in [3.05, 3.63) is 29.8 Å². The Kier molecular flexibility index (Phi) is 2.66. The largest absolute Gasteiger partial charge is 0.160 e. The Morgan fingerprint density at radius 3 is 2.42 bits per heavy atom. The summed E-state index contributed by atoms with van der Waals surface area (Å²) in [7, 11) is 0. The summed E-state index contributed by atoms with van der Waals surface area (Å²) in [4.78, 5) is 1.42. The Hall–Kier alpha value is -0.0800. The molecule has 2 heteroatoms. The molecule has 0 atom stereocenters. The fourth-order valence-corrected chi connectivity index (χ4v) is 3.32. The maximum atomic E-state index is 2.23. The molecule has 0 aromatic heterocycles. The molecule has 1 saturated heterocycles. The minimum Gasteiger partial charge on any atom is -0.160 e. The highest BCUT2D eigenvalue weighted by atomic mass is 32.2. The van der Waals surface area contributed by atoms with Gasteiger partial charge in [-0.1, -0.05) is 17.7 Å². The SMILES string of the molecule is Cc1ccc(SC2CSC2)cc1. The zero-order valence-electron chi connectivity index (χ0n) is 7.12. The Balaban J connectivity index is 1.98. The normalized spacial score (nSPS) is 17.4. The van der Waals surface area contributed by atoms with Crippen LogP contribution in [0.5, 0.6) is 0 Å². The van der Waals surface area contributed by atoms with Gasteiger partial charge >= 0.3 is 0 Å². The van der Waals surface area contributed by atoms with E-state index >= 15 is 0 Å². The van der Waals surface area contributed by atoms with Gasteiger partial charge in [-0.2, -0.15) is 11.8 Å². The van der Waals surface area contributed by atoms with Gasteiger partial charge in [-0.3, -0.25) is 0 Å². The number of thioether (sulfide) groups is 2. The van der Waals surface area contributed by atoms with Gasteiger partial charge in [0, 0.05) is 21.7 Å². The molecule has 0 amide bonds. The van der Waals surface area contributed by atoms with Crippen molar-refractivity contribution in [3.8, 4) is 0 Å². The minimum absolute atomic E-state index is 0.873. The number of hydrogen-bond donors (Lipinski definition) is 0. The predicted octanol–water partition coefficient (Wildman–Crippen LogP) is 3.20. The number of rotatable bonds is 2. The summed E-state index contributed by atoms with van der Waals surface area (Å²) in [5.41, 5.74) is 1.35. The van der Waals surface area contributed by atoms with Crippen LogP contribution >= 0.6 is 23.5 Å². The first-order valence-electron chi connectivity index (χ1n) is 4.16. The molecule has 0 aliphatic carbocycles. The van der Waals surface area contributed by atoms with Crippen molar-refractivity contribution in [2.45, 2.75) is 17.1 Å². The first kappa shape index (κ1) is 8.52. The molecular formula is C10H12S2. The van der Waals surface area contributed by atoms with Crippen molar-refractivity contribution in [1.29, 1.82) is 0 Å².